The lowest BCUT2D eigenvalue weighted by atomic mass is 10.1. The number of benzene rings is 2. The third kappa shape index (κ3) is 5.91. The summed E-state index contributed by atoms with van der Waals surface area (Å²) in [6.07, 6.45) is -0.533. The number of carbonyl (C=O) groups is 2. The normalized spacial score (nSPS) is 16.2. The summed E-state index contributed by atoms with van der Waals surface area (Å²) < 4.78 is 0. The van der Waals surface area contributed by atoms with Crippen LogP contribution in [0.25, 0.3) is 11.1 Å². The Morgan fingerprint density at radius 3 is 1.84 bits per heavy atom. The van der Waals surface area contributed by atoms with Crippen molar-refractivity contribution in [3.63, 3.8) is 0 Å². The summed E-state index contributed by atoms with van der Waals surface area (Å²) >= 11 is 0. The fourth-order valence-electron chi connectivity index (χ4n) is 3.66. The van der Waals surface area contributed by atoms with Gasteiger partial charge in [0.05, 0.1) is 0 Å². The number of hydrogen-bond donors (Lipinski definition) is 3. The van der Waals surface area contributed by atoms with Gasteiger partial charge < -0.3 is 25.1 Å². The molecular weight excluding hydrogens is 414 g/mol. The van der Waals surface area contributed by atoms with Gasteiger partial charge in [-0.05, 0) is 18.2 Å². The highest BCUT2D eigenvalue weighted by Gasteiger charge is 2.25. The van der Waals surface area contributed by atoms with Gasteiger partial charge in [-0.15, -0.1) is 0 Å². The average Bonchev–Trinajstić information content (AvgIpc) is 3.10. The highest BCUT2D eigenvalue weighted by molar-refractivity contribution is 6.27. The Kier molecular flexibility index (Phi) is 7.93. The van der Waals surface area contributed by atoms with E-state index in [1.54, 1.807) is 0 Å². The van der Waals surface area contributed by atoms with Crippen molar-refractivity contribution < 1.29 is 29.7 Å². The van der Waals surface area contributed by atoms with E-state index < -0.39 is 18.0 Å². The molecule has 170 valence electrons. The first kappa shape index (κ1) is 23.4. The van der Waals surface area contributed by atoms with Gasteiger partial charge >= 0.3 is 11.9 Å². The van der Waals surface area contributed by atoms with E-state index in [1.807, 2.05) is 24.3 Å². The van der Waals surface area contributed by atoms with Gasteiger partial charge in [-0.25, -0.2) is 9.59 Å². The number of likely N-dealkylation sites (N-methyl/N-ethyl adjacent to an activating group) is 1. The number of β-amino-alcohol motifs (C(OH)–C–C–N with tert-alkyl or cyclic N) is 1. The van der Waals surface area contributed by atoms with Crippen molar-refractivity contribution >= 4 is 17.7 Å². The zero-order valence-electron chi connectivity index (χ0n) is 17.8. The van der Waals surface area contributed by atoms with Crippen LogP contribution in [-0.4, -0.2) is 95.3 Å². The minimum Gasteiger partial charge on any atom is -0.473 e. The Bertz CT molecular complexity index is 926. The maximum Gasteiger partial charge on any atom is 0.414 e. The Balaban J connectivity index is 0.000000427. The summed E-state index contributed by atoms with van der Waals surface area (Å²) in [5.41, 5.74) is 5.39. The number of carboxylic acid groups (broad SMARTS) is 2. The zero-order valence-corrected chi connectivity index (χ0v) is 17.8. The number of carboxylic acids is 2. The molecule has 9 nitrogen and oxygen atoms in total. The summed E-state index contributed by atoms with van der Waals surface area (Å²) in [7, 11) is 2.13. The van der Waals surface area contributed by atoms with Crippen LogP contribution in [0.3, 0.4) is 0 Å². The van der Waals surface area contributed by atoms with Crippen LogP contribution in [0.4, 0.5) is 0 Å². The predicted molar refractivity (Wildman–Crippen MR) is 119 cm³/mol. The molecule has 1 saturated heterocycles. The van der Waals surface area contributed by atoms with Crippen molar-refractivity contribution in [1.82, 2.24) is 9.80 Å². The van der Waals surface area contributed by atoms with E-state index >= 15 is 0 Å². The molecule has 32 heavy (non-hydrogen) atoms. The molecule has 4 rings (SSSR count). The second-order valence-electron chi connectivity index (χ2n) is 7.69. The van der Waals surface area contributed by atoms with Gasteiger partial charge in [0.2, 0.25) is 0 Å². The maximum atomic E-state index is 10.3. The van der Waals surface area contributed by atoms with Crippen LogP contribution in [0.1, 0.15) is 11.1 Å². The third-order valence-corrected chi connectivity index (χ3v) is 5.33. The van der Waals surface area contributed by atoms with Crippen LogP contribution in [0.15, 0.2) is 53.7 Å². The van der Waals surface area contributed by atoms with Crippen LogP contribution < -0.4 is 0 Å². The number of aliphatic carboxylic acids is 2. The van der Waals surface area contributed by atoms with E-state index in [0.717, 1.165) is 43.0 Å². The smallest absolute Gasteiger partial charge is 0.414 e. The standard InChI is InChI=1S/C21H25N3O2.C2H2O4/c1-23-10-12-24(13-11-23)14-16(25)15-26-22-21-19-8-4-2-6-17(19)18-7-3-5-9-20(18)21;3-1(4)2(5)6/h2-9,16,25H,10-15H2,1H3;(H,3,4)(H,5,6). The van der Waals surface area contributed by atoms with Crippen molar-refractivity contribution in [3.05, 3.63) is 59.7 Å². The number of piperazine rings is 1. The Labute approximate surface area is 186 Å². The first-order valence-corrected chi connectivity index (χ1v) is 10.3. The Morgan fingerprint density at radius 1 is 0.906 bits per heavy atom. The highest BCUT2D eigenvalue weighted by Crippen LogP contribution is 2.36. The summed E-state index contributed by atoms with van der Waals surface area (Å²) in [6.45, 7) is 4.91. The van der Waals surface area contributed by atoms with Crippen molar-refractivity contribution in [2.24, 2.45) is 5.16 Å². The highest BCUT2D eigenvalue weighted by atomic mass is 16.6. The lowest BCUT2D eigenvalue weighted by molar-refractivity contribution is -0.159. The molecule has 0 radical (unpaired) electrons. The largest absolute Gasteiger partial charge is 0.473 e. The maximum absolute atomic E-state index is 10.3. The third-order valence-electron chi connectivity index (χ3n) is 5.33. The summed E-state index contributed by atoms with van der Waals surface area (Å²) in [5.74, 6) is -3.65. The van der Waals surface area contributed by atoms with Crippen molar-refractivity contribution in [2.45, 2.75) is 6.10 Å². The van der Waals surface area contributed by atoms with Crippen molar-refractivity contribution in [1.29, 1.82) is 0 Å². The van der Waals surface area contributed by atoms with E-state index in [2.05, 4.69) is 46.3 Å². The molecule has 2 aliphatic rings. The van der Waals surface area contributed by atoms with Gasteiger partial charge in [0, 0.05) is 43.9 Å². The first-order valence-electron chi connectivity index (χ1n) is 10.3. The second kappa shape index (κ2) is 10.9. The van der Waals surface area contributed by atoms with Gasteiger partial charge in [-0.2, -0.15) is 0 Å². The average molecular weight is 441 g/mol. The summed E-state index contributed by atoms with van der Waals surface area (Å²) in [4.78, 5) is 28.3. The molecule has 1 unspecified atom stereocenters. The van der Waals surface area contributed by atoms with Gasteiger partial charge in [0.15, 0.2) is 0 Å². The minimum atomic E-state index is -1.82. The van der Waals surface area contributed by atoms with Crippen LogP contribution in [0, 0.1) is 0 Å². The molecule has 2 aromatic carbocycles. The van der Waals surface area contributed by atoms with Crippen LogP contribution in [0.2, 0.25) is 0 Å². The molecule has 2 aromatic rings. The predicted octanol–water partition coefficient (Wildman–Crippen LogP) is 1.20. The van der Waals surface area contributed by atoms with E-state index in [4.69, 9.17) is 24.6 Å². The number of rotatable bonds is 5. The molecule has 9 heteroatoms. The molecule has 0 bridgehead atoms. The molecule has 0 spiro atoms. The van der Waals surface area contributed by atoms with Crippen molar-refractivity contribution in [2.75, 3.05) is 46.4 Å². The Hall–Kier alpha value is -3.27. The number of hydrogen-bond acceptors (Lipinski definition) is 7. The molecular formula is C23H27N3O6. The number of aliphatic hydroxyl groups is 1. The Morgan fingerprint density at radius 2 is 1.38 bits per heavy atom. The van der Waals surface area contributed by atoms with Gasteiger partial charge in [-0.3, -0.25) is 4.90 Å². The van der Waals surface area contributed by atoms with Crippen molar-refractivity contribution in [3.8, 4) is 11.1 Å². The minimum absolute atomic E-state index is 0.209. The molecule has 0 amide bonds. The molecule has 0 saturated carbocycles. The van der Waals surface area contributed by atoms with Crippen LogP contribution in [-0.2, 0) is 14.4 Å². The fourth-order valence-corrected chi connectivity index (χ4v) is 3.66. The molecule has 1 heterocycles. The fraction of sp³-hybridized carbons (Fsp3) is 0.348. The van der Waals surface area contributed by atoms with E-state index in [0.29, 0.717) is 6.54 Å². The van der Waals surface area contributed by atoms with E-state index in [1.165, 1.54) is 11.1 Å². The van der Waals surface area contributed by atoms with E-state index in [9.17, 15) is 5.11 Å². The lowest BCUT2D eigenvalue weighted by Crippen LogP contribution is -2.47. The van der Waals surface area contributed by atoms with Gasteiger partial charge in [-0.1, -0.05) is 53.7 Å². The molecule has 1 aliphatic carbocycles. The zero-order chi connectivity index (χ0) is 23.1. The molecule has 3 N–H and O–H groups in total. The van der Waals surface area contributed by atoms with Gasteiger partial charge in [0.1, 0.15) is 18.4 Å². The summed E-state index contributed by atoms with van der Waals surface area (Å²) in [6, 6.07) is 16.5. The molecule has 0 aromatic heterocycles. The second-order valence-corrected chi connectivity index (χ2v) is 7.69. The van der Waals surface area contributed by atoms with E-state index in [-0.39, 0.29) is 6.61 Å². The molecule has 1 aliphatic heterocycles. The lowest BCUT2D eigenvalue weighted by Gasteiger charge is -2.33. The first-order chi connectivity index (χ1) is 15.4. The van der Waals surface area contributed by atoms with Crippen LogP contribution in [0.5, 0.6) is 0 Å². The van der Waals surface area contributed by atoms with Crippen LogP contribution >= 0.6 is 0 Å². The monoisotopic (exact) mass is 441 g/mol. The quantitative estimate of drug-likeness (QED) is 0.399. The number of oxime groups is 1. The number of aliphatic hydroxyl groups excluding tert-OH is 1. The number of nitrogens with zero attached hydrogens (tertiary/aromatic N) is 3. The number of fused-ring (bicyclic) bond motifs is 3. The summed E-state index contributed by atoms with van der Waals surface area (Å²) in [5, 5.41) is 29.4. The SMILES string of the molecule is CN1CCN(CC(O)CON=C2c3ccccc3-c3ccccc32)CC1.O=C(O)C(=O)O. The molecule has 1 atom stereocenters. The topological polar surface area (TPSA) is 123 Å². The van der Waals surface area contributed by atoms with Gasteiger partial charge in [0.25, 0.3) is 0 Å². The molecule has 1 fully saturated rings.